The van der Waals surface area contributed by atoms with Gasteiger partial charge in [-0.1, -0.05) is 0 Å². The minimum atomic E-state index is -4.71. The van der Waals surface area contributed by atoms with Gasteiger partial charge in [-0.2, -0.15) is 0 Å². The summed E-state index contributed by atoms with van der Waals surface area (Å²) in [7, 11) is 0. The van der Waals surface area contributed by atoms with E-state index in [1.807, 2.05) is 6.92 Å². The van der Waals surface area contributed by atoms with Gasteiger partial charge in [-0.25, -0.2) is 0 Å². The summed E-state index contributed by atoms with van der Waals surface area (Å²) >= 11 is 10.1. The Morgan fingerprint density at radius 3 is 2.18 bits per heavy atom. The Labute approximate surface area is 76.0 Å². The van der Waals surface area contributed by atoms with Gasteiger partial charge in [-0.3, -0.25) is 0 Å². The average molecular weight is 223 g/mol. The number of hydrogen-bond donors (Lipinski definition) is 2. The third kappa shape index (κ3) is 10.9. The Balaban J connectivity index is 3.40. The first kappa shape index (κ1) is 11.9. The maximum absolute atomic E-state index is 8.78. The van der Waals surface area contributed by atoms with Crippen LogP contribution in [0.5, 0.6) is 0 Å². The molecule has 6 heteroatoms. The molecule has 0 saturated heterocycles. The standard InChI is InChI=1S/C5H13Cl2O3P/c1-2-3-4-5-10-11(6,7,8)9/h8-9H,2-5H2,1H3. The predicted molar refractivity (Wildman–Crippen MR) is 48.5 cm³/mol. The molecule has 0 radical (unpaired) electrons. The number of hydrogen-bond acceptors (Lipinski definition) is 3. The molecule has 0 bridgehead atoms. The van der Waals surface area contributed by atoms with E-state index in [2.05, 4.69) is 4.52 Å². The fraction of sp³-hybridized carbons (Fsp3) is 1.00. The molecular weight excluding hydrogens is 210 g/mol. The molecule has 0 spiro atoms. The molecule has 0 aromatic carbocycles. The van der Waals surface area contributed by atoms with Crippen LogP contribution >= 0.6 is 28.5 Å². The third-order valence-corrected chi connectivity index (χ3v) is 2.25. The molecule has 70 valence electrons. The van der Waals surface area contributed by atoms with Crippen LogP contribution in [0.2, 0.25) is 0 Å². The van der Waals surface area contributed by atoms with Crippen molar-refractivity contribution in [3.63, 3.8) is 0 Å². The predicted octanol–water partition coefficient (Wildman–Crippen LogP) is 2.78. The first-order chi connectivity index (χ1) is 4.81. The van der Waals surface area contributed by atoms with Crippen LogP contribution in [-0.2, 0) is 4.52 Å². The van der Waals surface area contributed by atoms with Gasteiger partial charge in [0.1, 0.15) is 0 Å². The van der Waals surface area contributed by atoms with Crippen LogP contribution in [0.25, 0.3) is 0 Å². The fourth-order valence-electron chi connectivity index (χ4n) is 0.567. The van der Waals surface area contributed by atoms with Gasteiger partial charge >= 0.3 is 75.6 Å². The zero-order chi connectivity index (χ0) is 8.98. The van der Waals surface area contributed by atoms with Crippen LogP contribution in [-0.4, -0.2) is 16.4 Å². The molecule has 0 amide bonds. The van der Waals surface area contributed by atoms with Crippen molar-refractivity contribution in [2.75, 3.05) is 6.61 Å². The van der Waals surface area contributed by atoms with Gasteiger partial charge in [0.05, 0.1) is 0 Å². The summed E-state index contributed by atoms with van der Waals surface area (Å²) in [5.41, 5.74) is 0. The van der Waals surface area contributed by atoms with Crippen molar-refractivity contribution in [2.45, 2.75) is 26.2 Å². The van der Waals surface area contributed by atoms with Gasteiger partial charge in [0, 0.05) is 0 Å². The summed E-state index contributed by atoms with van der Waals surface area (Å²) in [6.45, 7) is 2.21. The Morgan fingerprint density at radius 2 is 1.82 bits per heavy atom. The molecule has 0 heterocycles. The van der Waals surface area contributed by atoms with Crippen molar-refractivity contribution in [3.05, 3.63) is 0 Å². The monoisotopic (exact) mass is 222 g/mol. The third-order valence-electron chi connectivity index (χ3n) is 1.05. The second kappa shape index (κ2) is 4.22. The van der Waals surface area contributed by atoms with Crippen molar-refractivity contribution < 1.29 is 14.3 Å². The molecule has 0 atom stereocenters. The van der Waals surface area contributed by atoms with Crippen LogP contribution in [0.1, 0.15) is 26.2 Å². The quantitative estimate of drug-likeness (QED) is 0.556. The van der Waals surface area contributed by atoms with E-state index in [1.165, 1.54) is 0 Å². The summed E-state index contributed by atoms with van der Waals surface area (Å²) in [6.07, 6.45) is 2.72. The number of rotatable bonds is 5. The van der Waals surface area contributed by atoms with Gasteiger partial charge < -0.3 is 0 Å². The van der Waals surface area contributed by atoms with E-state index in [1.54, 1.807) is 0 Å². The zero-order valence-corrected chi connectivity index (χ0v) is 8.74. The molecule has 3 nitrogen and oxygen atoms in total. The van der Waals surface area contributed by atoms with Crippen LogP contribution < -0.4 is 0 Å². The Kier molecular flexibility index (Phi) is 4.56. The minimum absolute atomic E-state index is 0.186. The van der Waals surface area contributed by atoms with Crippen molar-refractivity contribution in [1.29, 1.82) is 0 Å². The summed E-state index contributed by atoms with van der Waals surface area (Å²) in [5, 5.41) is 0. The van der Waals surface area contributed by atoms with Crippen LogP contribution in [0.4, 0.5) is 0 Å². The number of unbranched alkanes of at least 4 members (excludes halogenated alkanes) is 2. The van der Waals surface area contributed by atoms with E-state index in [4.69, 9.17) is 32.3 Å². The molecule has 0 fully saturated rings. The first-order valence-electron chi connectivity index (χ1n) is 3.42. The Hall–Kier alpha value is 0.890. The van der Waals surface area contributed by atoms with Gasteiger partial charge in [-0.05, 0) is 0 Å². The Morgan fingerprint density at radius 1 is 1.27 bits per heavy atom. The first-order valence-corrected chi connectivity index (χ1v) is 7.29. The van der Waals surface area contributed by atoms with Crippen LogP contribution in [0, 0.1) is 0 Å². The molecule has 11 heavy (non-hydrogen) atoms. The van der Waals surface area contributed by atoms with E-state index in [0.29, 0.717) is 0 Å². The Bertz CT molecular complexity index is 113. The molecule has 0 saturated carbocycles. The zero-order valence-electron chi connectivity index (χ0n) is 6.33. The van der Waals surface area contributed by atoms with Gasteiger partial charge in [0.25, 0.3) is 0 Å². The van der Waals surface area contributed by atoms with E-state index in [0.717, 1.165) is 19.3 Å². The molecule has 0 rings (SSSR count). The van der Waals surface area contributed by atoms with Gasteiger partial charge in [0.2, 0.25) is 0 Å². The normalized spacial score (nSPS) is 15.9. The second-order valence-corrected chi connectivity index (χ2v) is 8.25. The topological polar surface area (TPSA) is 49.7 Å². The van der Waals surface area contributed by atoms with Crippen LogP contribution in [0.3, 0.4) is 0 Å². The van der Waals surface area contributed by atoms with Crippen molar-refractivity contribution in [1.82, 2.24) is 0 Å². The SMILES string of the molecule is CCCCCOP(O)(O)(Cl)Cl. The molecular formula is C5H13Cl2O3P. The van der Waals surface area contributed by atoms with E-state index < -0.39 is 5.99 Å². The molecule has 0 aromatic heterocycles. The van der Waals surface area contributed by atoms with Crippen molar-refractivity contribution in [2.24, 2.45) is 0 Å². The fourth-order valence-corrected chi connectivity index (χ4v) is 1.41. The summed E-state index contributed by atoms with van der Waals surface area (Å²) in [6, 6.07) is 0. The van der Waals surface area contributed by atoms with E-state index >= 15 is 0 Å². The number of halogens is 2. The van der Waals surface area contributed by atoms with Crippen LogP contribution in [0.15, 0.2) is 0 Å². The van der Waals surface area contributed by atoms with Gasteiger partial charge in [-0.15, -0.1) is 0 Å². The molecule has 0 aromatic rings. The van der Waals surface area contributed by atoms with E-state index in [-0.39, 0.29) is 6.61 Å². The van der Waals surface area contributed by atoms with Gasteiger partial charge in [0.15, 0.2) is 0 Å². The molecule has 0 unspecified atom stereocenters. The molecule has 0 aliphatic rings. The van der Waals surface area contributed by atoms with Crippen molar-refractivity contribution >= 4 is 28.5 Å². The maximum atomic E-state index is 8.78. The summed E-state index contributed by atoms with van der Waals surface area (Å²) in [4.78, 5) is 17.6. The molecule has 0 aliphatic heterocycles. The van der Waals surface area contributed by atoms with E-state index in [9.17, 15) is 0 Å². The average Bonchev–Trinajstić information content (AvgIpc) is 1.76. The molecule has 2 N–H and O–H groups in total. The van der Waals surface area contributed by atoms with Crippen molar-refractivity contribution in [3.8, 4) is 0 Å². The second-order valence-electron chi connectivity index (χ2n) is 2.30. The summed E-state index contributed by atoms with van der Waals surface area (Å²) in [5.74, 6) is -4.71. The summed E-state index contributed by atoms with van der Waals surface area (Å²) < 4.78 is 4.49. The molecule has 0 aliphatic carbocycles.